The van der Waals surface area contributed by atoms with Gasteiger partial charge in [0.15, 0.2) is 0 Å². The van der Waals surface area contributed by atoms with E-state index in [0.29, 0.717) is 28.0 Å². The third kappa shape index (κ3) is 6.08. The van der Waals surface area contributed by atoms with E-state index in [2.05, 4.69) is 0 Å². The van der Waals surface area contributed by atoms with Crippen LogP contribution >= 0.6 is 0 Å². The normalized spacial score (nSPS) is 14.9. The Hall–Kier alpha value is -4.55. The number of amides is 1. The molecule has 0 fully saturated rings. The molecular formula is C32H28F3N3O5S. The smallest absolute Gasteiger partial charge is 0.333 e. The van der Waals surface area contributed by atoms with Crippen molar-refractivity contribution >= 4 is 21.4 Å². The Kier molecular flexibility index (Phi) is 8.57. The highest BCUT2D eigenvalue weighted by atomic mass is 32.2. The van der Waals surface area contributed by atoms with Gasteiger partial charge in [-0.2, -0.15) is 13.2 Å². The molecule has 1 aliphatic carbocycles. The molecule has 0 spiro atoms. The van der Waals surface area contributed by atoms with Gasteiger partial charge < -0.3 is 10.6 Å². The second-order valence-electron chi connectivity index (χ2n) is 10.5. The number of rotatable bonds is 10. The molecule has 5 rings (SSSR count). The quantitative estimate of drug-likeness (QED) is 0.161. The van der Waals surface area contributed by atoms with Gasteiger partial charge >= 0.3 is 6.18 Å². The van der Waals surface area contributed by atoms with Gasteiger partial charge in [-0.3, -0.25) is 14.9 Å². The molecule has 4 aromatic carbocycles. The number of carbonyl (C=O) groups excluding carboxylic acids is 1. The maximum atomic E-state index is 14.2. The molecule has 4 aromatic rings. The number of halogens is 3. The Labute approximate surface area is 252 Å². The number of sulfone groups is 1. The molecule has 0 radical (unpaired) electrons. The van der Waals surface area contributed by atoms with Crippen molar-refractivity contribution in [3.63, 3.8) is 0 Å². The lowest BCUT2D eigenvalue weighted by Gasteiger charge is -2.28. The highest BCUT2D eigenvalue weighted by Gasteiger charge is 2.43. The molecule has 0 bridgehead atoms. The predicted molar refractivity (Wildman–Crippen MR) is 158 cm³/mol. The van der Waals surface area contributed by atoms with E-state index in [1.165, 1.54) is 24.3 Å². The summed E-state index contributed by atoms with van der Waals surface area (Å²) in [5.74, 6) is -2.31. The zero-order valence-corrected chi connectivity index (χ0v) is 24.1. The summed E-state index contributed by atoms with van der Waals surface area (Å²) in [6.45, 7) is -1.81. The van der Waals surface area contributed by atoms with E-state index >= 15 is 0 Å². The van der Waals surface area contributed by atoms with Crippen LogP contribution in [0.25, 0.3) is 11.1 Å². The van der Waals surface area contributed by atoms with Crippen molar-refractivity contribution in [2.24, 2.45) is 5.73 Å². The number of hydrogen-bond acceptors (Lipinski definition) is 6. The molecular weight excluding hydrogens is 595 g/mol. The second-order valence-corrected chi connectivity index (χ2v) is 12.4. The number of para-hydroxylation sites is 1. The number of nitrogens with zero attached hydrogens (tertiary/aromatic N) is 2. The molecule has 2 atom stereocenters. The van der Waals surface area contributed by atoms with Gasteiger partial charge in [0.05, 0.1) is 15.7 Å². The van der Waals surface area contributed by atoms with Crippen LogP contribution in [-0.2, 0) is 14.6 Å². The van der Waals surface area contributed by atoms with Crippen molar-refractivity contribution in [3.8, 4) is 11.1 Å². The summed E-state index contributed by atoms with van der Waals surface area (Å²) in [5, 5.41) is 11.7. The number of fused-ring (bicyclic) bond motifs is 3. The lowest BCUT2D eigenvalue weighted by atomic mass is 9.95. The van der Waals surface area contributed by atoms with Gasteiger partial charge in [0.1, 0.15) is 11.4 Å². The summed E-state index contributed by atoms with van der Waals surface area (Å²) in [6, 6.07) is 24.2. The SMILES string of the molecule is NC(CCCN(CC(F)(F)F)C(=O)C1c2ccccc2-c2cccc(S(=O)(=O)c3ccccc3[N+](=O)[O-])c21)c1ccccc1. The van der Waals surface area contributed by atoms with E-state index in [9.17, 15) is 36.5 Å². The molecule has 0 aliphatic heterocycles. The predicted octanol–water partition coefficient (Wildman–Crippen LogP) is 6.41. The second kappa shape index (κ2) is 12.2. The van der Waals surface area contributed by atoms with Crippen LogP contribution in [-0.4, -0.2) is 43.4 Å². The molecule has 1 amide bonds. The molecule has 2 unspecified atom stereocenters. The summed E-state index contributed by atoms with van der Waals surface area (Å²) >= 11 is 0. The fourth-order valence-electron chi connectivity index (χ4n) is 5.71. The van der Waals surface area contributed by atoms with Crippen LogP contribution in [0.1, 0.15) is 41.5 Å². The van der Waals surface area contributed by atoms with Gasteiger partial charge in [0, 0.05) is 18.7 Å². The van der Waals surface area contributed by atoms with Crippen molar-refractivity contribution in [3.05, 3.63) is 124 Å². The summed E-state index contributed by atoms with van der Waals surface area (Å²) < 4.78 is 69.5. The third-order valence-electron chi connectivity index (χ3n) is 7.66. The van der Waals surface area contributed by atoms with E-state index in [1.807, 2.05) is 18.2 Å². The lowest BCUT2D eigenvalue weighted by molar-refractivity contribution is -0.387. The zero-order chi connectivity index (χ0) is 31.6. The van der Waals surface area contributed by atoms with E-state index < -0.39 is 55.9 Å². The molecule has 1 aliphatic rings. The van der Waals surface area contributed by atoms with Crippen molar-refractivity contribution in [2.75, 3.05) is 13.1 Å². The summed E-state index contributed by atoms with van der Waals surface area (Å²) in [6.07, 6.45) is -4.26. The van der Waals surface area contributed by atoms with Gasteiger partial charge in [-0.05, 0) is 52.8 Å². The summed E-state index contributed by atoms with van der Waals surface area (Å²) in [4.78, 5) is 24.8. The number of alkyl halides is 3. The highest BCUT2D eigenvalue weighted by Crippen LogP contribution is 2.49. The Balaban J connectivity index is 1.56. The first-order valence-corrected chi connectivity index (χ1v) is 15.2. The maximum absolute atomic E-state index is 14.2. The van der Waals surface area contributed by atoms with E-state index in [-0.39, 0.29) is 23.4 Å². The van der Waals surface area contributed by atoms with Crippen molar-refractivity contribution < 1.29 is 31.3 Å². The number of benzene rings is 4. The van der Waals surface area contributed by atoms with Crippen LogP contribution in [0.2, 0.25) is 0 Å². The maximum Gasteiger partial charge on any atom is 0.406 e. The molecule has 8 nitrogen and oxygen atoms in total. The van der Waals surface area contributed by atoms with Crippen LogP contribution < -0.4 is 5.73 Å². The zero-order valence-electron chi connectivity index (χ0n) is 23.3. The van der Waals surface area contributed by atoms with Gasteiger partial charge in [0.25, 0.3) is 5.69 Å². The van der Waals surface area contributed by atoms with Gasteiger partial charge in [-0.15, -0.1) is 0 Å². The summed E-state index contributed by atoms with van der Waals surface area (Å²) in [7, 11) is -4.59. The third-order valence-corrected chi connectivity index (χ3v) is 9.52. The monoisotopic (exact) mass is 623 g/mol. The minimum Gasteiger partial charge on any atom is -0.333 e. The molecule has 0 aromatic heterocycles. The van der Waals surface area contributed by atoms with Gasteiger partial charge in [-0.1, -0.05) is 78.9 Å². The van der Waals surface area contributed by atoms with E-state index in [4.69, 9.17) is 5.73 Å². The topological polar surface area (TPSA) is 124 Å². The average molecular weight is 624 g/mol. The van der Waals surface area contributed by atoms with Crippen LogP contribution in [0.5, 0.6) is 0 Å². The Bertz CT molecular complexity index is 1810. The minimum atomic E-state index is -4.73. The van der Waals surface area contributed by atoms with E-state index in [1.54, 1.807) is 42.5 Å². The molecule has 12 heteroatoms. The van der Waals surface area contributed by atoms with E-state index in [0.717, 1.165) is 17.7 Å². The first-order valence-electron chi connectivity index (χ1n) is 13.8. The van der Waals surface area contributed by atoms with Crippen molar-refractivity contribution in [1.82, 2.24) is 4.90 Å². The fourth-order valence-corrected chi connectivity index (χ4v) is 7.39. The Morgan fingerprint density at radius 3 is 2.20 bits per heavy atom. The number of nitro benzene ring substituents is 1. The fraction of sp³-hybridized carbons (Fsp3) is 0.219. The van der Waals surface area contributed by atoms with Crippen LogP contribution in [0.15, 0.2) is 107 Å². The Morgan fingerprint density at radius 2 is 1.50 bits per heavy atom. The molecule has 0 saturated carbocycles. The van der Waals surface area contributed by atoms with Crippen LogP contribution in [0, 0.1) is 10.1 Å². The first-order chi connectivity index (χ1) is 20.9. The number of nitrogens with two attached hydrogens (primary N) is 1. The molecule has 228 valence electrons. The number of carbonyl (C=O) groups is 1. The molecule has 44 heavy (non-hydrogen) atoms. The standard InChI is InChI=1S/C32H28F3N3O5S/c33-32(34,35)20-37(19-9-15-25(36)21-10-2-1-3-11-21)31(39)30-24-13-5-4-12-22(24)23-14-8-18-28(29(23)30)44(42,43)27-17-7-6-16-26(27)38(40)41/h1-8,10-14,16-18,25,30H,9,15,19-20,36H2. The average Bonchev–Trinajstić information content (AvgIpc) is 3.34. The Morgan fingerprint density at radius 1 is 0.886 bits per heavy atom. The van der Waals surface area contributed by atoms with Crippen LogP contribution in [0.3, 0.4) is 0 Å². The number of nitro groups is 1. The van der Waals surface area contributed by atoms with Crippen molar-refractivity contribution in [2.45, 2.75) is 40.8 Å². The minimum absolute atomic E-state index is 0.00925. The first kappa shape index (κ1) is 30.9. The van der Waals surface area contributed by atoms with Gasteiger partial charge in [-0.25, -0.2) is 8.42 Å². The highest BCUT2D eigenvalue weighted by molar-refractivity contribution is 7.91. The van der Waals surface area contributed by atoms with Crippen molar-refractivity contribution in [1.29, 1.82) is 0 Å². The summed E-state index contributed by atoms with van der Waals surface area (Å²) in [5.41, 5.74) is 7.60. The molecule has 0 saturated heterocycles. The van der Waals surface area contributed by atoms with Crippen LogP contribution in [0.4, 0.5) is 18.9 Å². The molecule has 0 heterocycles. The lowest BCUT2D eigenvalue weighted by Crippen LogP contribution is -2.42. The largest absolute Gasteiger partial charge is 0.406 e. The molecule has 2 N–H and O–H groups in total. The van der Waals surface area contributed by atoms with Gasteiger partial charge in [0.2, 0.25) is 15.7 Å². The number of hydrogen-bond donors (Lipinski definition) is 1.